The number of rotatable bonds is 6. The van der Waals surface area contributed by atoms with Gasteiger partial charge in [0.05, 0.1) is 34.5 Å². The standard InChI is InChI=1S/C33H24FN3O5S/c1-19-28(30(38)36-22-8-4-3-5-9-22)29(20-12-14-21(34)15-13-20)37-31(39)27(43-33(37)35-19)18-23-16-17-26(42-23)24-10-6-7-11-25(24)32(40)41-2/h3-18,29H,1-2H3,(H,36,38). The van der Waals surface area contributed by atoms with E-state index >= 15 is 0 Å². The molecule has 2 aromatic heterocycles. The first kappa shape index (κ1) is 27.8. The Bertz CT molecular complexity index is 2070. The molecular formula is C33H24FN3O5S. The van der Waals surface area contributed by atoms with E-state index < -0.39 is 23.7 Å². The molecule has 214 valence electrons. The molecule has 1 aliphatic rings. The zero-order chi connectivity index (χ0) is 30.1. The minimum Gasteiger partial charge on any atom is -0.465 e. The molecule has 0 saturated carbocycles. The Morgan fingerprint density at radius 1 is 1.00 bits per heavy atom. The molecule has 0 fully saturated rings. The van der Waals surface area contributed by atoms with E-state index in [1.165, 1.54) is 23.8 Å². The monoisotopic (exact) mass is 593 g/mol. The topological polar surface area (TPSA) is 103 Å². The summed E-state index contributed by atoms with van der Waals surface area (Å²) in [4.78, 5) is 44.8. The smallest absolute Gasteiger partial charge is 0.338 e. The fraction of sp³-hybridized carbons (Fsp3) is 0.0909. The first-order chi connectivity index (χ1) is 20.8. The van der Waals surface area contributed by atoms with Crippen LogP contribution in [0.3, 0.4) is 0 Å². The van der Waals surface area contributed by atoms with Crippen molar-refractivity contribution in [1.82, 2.24) is 4.57 Å². The molecule has 8 nitrogen and oxygen atoms in total. The third-order valence-electron chi connectivity index (χ3n) is 6.98. The lowest BCUT2D eigenvalue weighted by molar-refractivity contribution is -0.113. The molecule has 0 radical (unpaired) electrons. The second kappa shape index (κ2) is 11.5. The zero-order valence-corrected chi connectivity index (χ0v) is 23.9. The van der Waals surface area contributed by atoms with Crippen LogP contribution in [-0.4, -0.2) is 23.6 Å². The summed E-state index contributed by atoms with van der Waals surface area (Å²) in [5, 5.41) is 2.89. The maximum atomic E-state index is 13.9. The molecule has 0 aliphatic carbocycles. The van der Waals surface area contributed by atoms with Crippen LogP contribution in [0.25, 0.3) is 17.4 Å². The van der Waals surface area contributed by atoms with Crippen LogP contribution in [0.4, 0.5) is 10.1 Å². The van der Waals surface area contributed by atoms with Crippen molar-refractivity contribution in [2.75, 3.05) is 12.4 Å². The van der Waals surface area contributed by atoms with E-state index in [1.54, 1.807) is 85.8 Å². The van der Waals surface area contributed by atoms with Gasteiger partial charge in [-0.25, -0.2) is 14.2 Å². The Balaban J connectivity index is 1.44. The highest BCUT2D eigenvalue weighted by Gasteiger charge is 2.32. The summed E-state index contributed by atoms with van der Waals surface area (Å²) in [6, 6.07) is 24.1. The number of halogens is 1. The van der Waals surface area contributed by atoms with E-state index in [2.05, 4.69) is 10.3 Å². The van der Waals surface area contributed by atoms with E-state index in [0.717, 1.165) is 11.3 Å². The predicted octanol–water partition coefficient (Wildman–Crippen LogP) is 5.06. The van der Waals surface area contributed by atoms with Crippen molar-refractivity contribution in [3.05, 3.63) is 145 Å². The second-order valence-corrected chi connectivity index (χ2v) is 10.7. The summed E-state index contributed by atoms with van der Waals surface area (Å²) >= 11 is 1.15. The number of amides is 1. The third kappa shape index (κ3) is 5.35. The molecule has 0 bridgehead atoms. The quantitative estimate of drug-likeness (QED) is 0.277. The fourth-order valence-electron chi connectivity index (χ4n) is 4.98. The molecule has 1 N–H and O–H groups in total. The van der Waals surface area contributed by atoms with Crippen LogP contribution < -0.4 is 20.2 Å². The average Bonchev–Trinajstić information content (AvgIpc) is 3.61. The Hall–Kier alpha value is -5.35. The first-order valence-corrected chi connectivity index (χ1v) is 14.1. The van der Waals surface area contributed by atoms with Gasteiger partial charge in [0.15, 0.2) is 4.80 Å². The van der Waals surface area contributed by atoms with E-state index in [9.17, 15) is 18.8 Å². The summed E-state index contributed by atoms with van der Waals surface area (Å²) in [5.74, 6) is -0.536. The number of hydrogen-bond acceptors (Lipinski definition) is 7. The summed E-state index contributed by atoms with van der Waals surface area (Å²) < 4.78 is 26.6. The van der Waals surface area contributed by atoms with Gasteiger partial charge in [-0.2, -0.15) is 0 Å². The molecular weight excluding hydrogens is 569 g/mol. The number of nitrogens with one attached hydrogen (secondary N) is 1. The van der Waals surface area contributed by atoms with E-state index in [1.807, 2.05) is 6.07 Å². The van der Waals surface area contributed by atoms with Gasteiger partial charge in [0, 0.05) is 17.3 Å². The van der Waals surface area contributed by atoms with Crippen LogP contribution in [0, 0.1) is 5.82 Å². The van der Waals surface area contributed by atoms with Crippen LogP contribution in [-0.2, 0) is 9.53 Å². The SMILES string of the molecule is COC(=O)c1ccccc1-c1ccc(C=c2sc3n(c2=O)C(c2ccc(F)cc2)C(C(=O)Nc2ccccc2)=C(C)N=3)o1. The lowest BCUT2D eigenvalue weighted by Gasteiger charge is -2.25. The van der Waals surface area contributed by atoms with Crippen LogP contribution in [0.1, 0.15) is 34.6 Å². The molecule has 1 aliphatic heterocycles. The van der Waals surface area contributed by atoms with Gasteiger partial charge in [-0.05, 0) is 55.0 Å². The van der Waals surface area contributed by atoms with Crippen molar-refractivity contribution < 1.29 is 23.1 Å². The number of furan rings is 1. The van der Waals surface area contributed by atoms with Gasteiger partial charge in [0.25, 0.3) is 11.5 Å². The minimum atomic E-state index is -0.846. The van der Waals surface area contributed by atoms with Crippen molar-refractivity contribution in [3.63, 3.8) is 0 Å². The van der Waals surface area contributed by atoms with Gasteiger partial charge >= 0.3 is 5.97 Å². The number of para-hydroxylation sites is 1. The molecule has 3 aromatic carbocycles. The fourth-order valence-corrected chi connectivity index (χ4v) is 6.01. The molecule has 1 amide bonds. The highest BCUT2D eigenvalue weighted by molar-refractivity contribution is 7.07. The van der Waals surface area contributed by atoms with Crippen LogP contribution in [0.5, 0.6) is 0 Å². The van der Waals surface area contributed by atoms with Crippen molar-refractivity contribution in [3.8, 4) is 11.3 Å². The van der Waals surface area contributed by atoms with E-state index in [4.69, 9.17) is 9.15 Å². The zero-order valence-electron chi connectivity index (χ0n) is 23.0. The molecule has 6 rings (SSSR count). The number of methoxy groups -OCH3 is 1. The minimum absolute atomic E-state index is 0.272. The lowest BCUT2D eigenvalue weighted by Crippen LogP contribution is -2.40. The number of ether oxygens (including phenoxy) is 1. The number of carbonyl (C=O) groups excluding carboxylic acids is 2. The number of hydrogen-bond donors (Lipinski definition) is 1. The van der Waals surface area contributed by atoms with E-state index in [0.29, 0.717) is 48.9 Å². The maximum absolute atomic E-state index is 13.9. The molecule has 43 heavy (non-hydrogen) atoms. The summed E-state index contributed by atoms with van der Waals surface area (Å²) in [5.41, 5.74) is 2.37. The van der Waals surface area contributed by atoms with Gasteiger partial charge in [0.1, 0.15) is 17.3 Å². The van der Waals surface area contributed by atoms with E-state index in [-0.39, 0.29) is 11.1 Å². The Morgan fingerprint density at radius 3 is 2.47 bits per heavy atom. The van der Waals surface area contributed by atoms with Crippen LogP contribution in [0.2, 0.25) is 0 Å². The number of fused-ring (bicyclic) bond motifs is 1. The van der Waals surface area contributed by atoms with Crippen molar-refractivity contribution in [2.45, 2.75) is 13.0 Å². The number of allylic oxidation sites excluding steroid dienone is 1. The van der Waals surface area contributed by atoms with Gasteiger partial charge in [-0.15, -0.1) is 0 Å². The third-order valence-corrected chi connectivity index (χ3v) is 7.96. The Morgan fingerprint density at radius 2 is 1.72 bits per heavy atom. The van der Waals surface area contributed by atoms with Crippen LogP contribution in [0.15, 0.2) is 116 Å². The van der Waals surface area contributed by atoms with Crippen molar-refractivity contribution in [1.29, 1.82) is 0 Å². The lowest BCUT2D eigenvalue weighted by atomic mass is 9.95. The number of thiazole rings is 1. The number of anilines is 1. The molecule has 1 atom stereocenters. The van der Waals surface area contributed by atoms with Gasteiger partial charge in [-0.1, -0.05) is 59.9 Å². The van der Waals surface area contributed by atoms with Crippen molar-refractivity contribution >= 4 is 35.0 Å². The molecule has 5 aromatic rings. The maximum Gasteiger partial charge on any atom is 0.338 e. The number of nitrogens with zero attached hydrogens (tertiary/aromatic N) is 2. The van der Waals surface area contributed by atoms with Gasteiger partial charge < -0.3 is 14.5 Å². The first-order valence-electron chi connectivity index (χ1n) is 13.3. The van der Waals surface area contributed by atoms with Crippen LogP contribution >= 0.6 is 11.3 Å². The average molecular weight is 594 g/mol. The molecule has 0 saturated heterocycles. The highest BCUT2D eigenvalue weighted by Crippen LogP contribution is 2.31. The predicted molar refractivity (Wildman–Crippen MR) is 161 cm³/mol. The molecule has 1 unspecified atom stereocenters. The molecule has 10 heteroatoms. The summed E-state index contributed by atoms with van der Waals surface area (Å²) in [6.45, 7) is 1.71. The summed E-state index contributed by atoms with van der Waals surface area (Å²) in [7, 11) is 1.31. The number of esters is 1. The molecule has 0 spiro atoms. The normalized spacial score (nSPS) is 14.7. The van der Waals surface area contributed by atoms with Gasteiger partial charge in [-0.3, -0.25) is 14.2 Å². The van der Waals surface area contributed by atoms with Crippen molar-refractivity contribution in [2.24, 2.45) is 4.99 Å². The number of carbonyl (C=O) groups is 2. The largest absolute Gasteiger partial charge is 0.465 e. The Labute approximate surface area is 248 Å². The number of aromatic nitrogens is 1. The Kier molecular flexibility index (Phi) is 7.43. The highest BCUT2D eigenvalue weighted by atomic mass is 32.1. The second-order valence-electron chi connectivity index (χ2n) is 9.69. The summed E-state index contributed by atoms with van der Waals surface area (Å²) in [6.07, 6.45) is 1.60. The number of benzene rings is 3. The van der Waals surface area contributed by atoms with Gasteiger partial charge in [0.2, 0.25) is 0 Å². The molecule has 3 heterocycles.